The van der Waals surface area contributed by atoms with Crippen LogP contribution >= 0.6 is 23.2 Å². The number of anilines is 1. The second-order valence-corrected chi connectivity index (χ2v) is 12.3. The van der Waals surface area contributed by atoms with E-state index in [-0.39, 0.29) is 56.6 Å². The number of pyridine rings is 1. The third-order valence-electron chi connectivity index (χ3n) is 8.60. The standard InChI is InChI=1S/C34H39Cl2N7O6/c1-5-8-28(45)42-14-12-41(13-15-42)10-7-11-43-32-21(17-22(33(43)46)29-30(35)25(47-3)18-26(48-4)31(29)36)19-37-34(40-32)39-24-20-49-16-9-23(24)38-27(44)6-2/h6,17-19,23-24H,2,7,9-16,20H2,1,3-4H3,(H,38,44)(H,37,39,40)/t23-,24+/m0/s1. The molecule has 2 fully saturated rings. The van der Waals surface area contributed by atoms with Crippen molar-refractivity contribution in [3.8, 4) is 34.5 Å². The number of amides is 2. The molecule has 0 saturated carbocycles. The number of carbonyl (C=O) groups excluding carboxylic acids is 2. The summed E-state index contributed by atoms with van der Waals surface area (Å²) in [4.78, 5) is 52.0. The smallest absolute Gasteiger partial charge is 0.298 e. The molecule has 2 N–H and O–H groups in total. The van der Waals surface area contributed by atoms with Crippen molar-refractivity contribution in [3.63, 3.8) is 0 Å². The highest BCUT2D eigenvalue weighted by molar-refractivity contribution is 6.41. The summed E-state index contributed by atoms with van der Waals surface area (Å²) in [6.07, 6.45) is 4.06. The lowest BCUT2D eigenvalue weighted by Gasteiger charge is -2.33. The van der Waals surface area contributed by atoms with Gasteiger partial charge in [0.2, 0.25) is 11.9 Å². The predicted octanol–water partition coefficient (Wildman–Crippen LogP) is 3.21. The summed E-state index contributed by atoms with van der Waals surface area (Å²) < 4.78 is 18.2. The Morgan fingerprint density at radius 1 is 1.10 bits per heavy atom. The molecule has 0 radical (unpaired) electrons. The number of hydrogen-bond donors (Lipinski definition) is 2. The van der Waals surface area contributed by atoms with Crippen molar-refractivity contribution in [2.75, 3.05) is 65.5 Å². The zero-order valence-corrected chi connectivity index (χ0v) is 29.2. The van der Waals surface area contributed by atoms with Crippen molar-refractivity contribution in [2.45, 2.75) is 38.4 Å². The normalized spacial score (nSPS) is 17.9. The van der Waals surface area contributed by atoms with Crippen LogP contribution in [0, 0.1) is 11.8 Å². The fraction of sp³-hybridized carbons (Fsp3) is 0.441. The molecule has 13 nitrogen and oxygen atoms in total. The van der Waals surface area contributed by atoms with E-state index >= 15 is 0 Å². The van der Waals surface area contributed by atoms with Crippen molar-refractivity contribution >= 4 is 52.0 Å². The van der Waals surface area contributed by atoms with Gasteiger partial charge in [-0.05, 0) is 44.4 Å². The minimum absolute atomic E-state index is 0.165. The number of aromatic nitrogens is 3. The predicted molar refractivity (Wildman–Crippen MR) is 188 cm³/mol. The first-order valence-electron chi connectivity index (χ1n) is 15.9. The Kier molecular flexibility index (Phi) is 12.0. The van der Waals surface area contributed by atoms with Gasteiger partial charge in [0.1, 0.15) is 17.1 Å². The van der Waals surface area contributed by atoms with Crippen LogP contribution in [0.5, 0.6) is 11.5 Å². The van der Waals surface area contributed by atoms with Gasteiger partial charge in [0.05, 0.1) is 48.5 Å². The van der Waals surface area contributed by atoms with Crippen molar-refractivity contribution in [2.24, 2.45) is 0 Å². The van der Waals surface area contributed by atoms with Crippen molar-refractivity contribution in [1.29, 1.82) is 0 Å². The van der Waals surface area contributed by atoms with Crippen molar-refractivity contribution < 1.29 is 23.8 Å². The van der Waals surface area contributed by atoms with Crippen LogP contribution in [0.15, 0.2) is 35.8 Å². The van der Waals surface area contributed by atoms with E-state index in [1.165, 1.54) is 20.3 Å². The van der Waals surface area contributed by atoms with E-state index in [2.05, 4.69) is 38.9 Å². The van der Waals surface area contributed by atoms with Crippen LogP contribution in [0.3, 0.4) is 0 Å². The first-order chi connectivity index (χ1) is 23.7. The first-order valence-corrected chi connectivity index (χ1v) is 16.7. The molecule has 0 bridgehead atoms. The van der Waals surface area contributed by atoms with E-state index in [0.29, 0.717) is 87.9 Å². The van der Waals surface area contributed by atoms with Crippen molar-refractivity contribution in [3.05, 3.63) is 51.4 Å². The van der Waals surface area contributed by atoms with Gasteiger partial charge in [0, 0.05) is 62.5 Å². The molecule has 1 aromatic carbocycles. The Hall–Kier alpha value is -4.35. The molecule has 49 heavy (non-hydrogen) atoms. The Morgan fingerprint density at radius 2 is 1.82 bits per heavy atom. The summed E-state index contributed by atoms with van der Waals surface area (Å²) in [7, 11) is 2.94. The number of hydrogen-bond acceptors (Lipinski definition) is 10. The Bertz CT molecular complexity index is 1820. The molecule has 2 aliphatic rings. The summed E-state index contributed by atoms with van der Waals surface area (Å²) in [6, 6.07) is 2.68. The monoisotopic (exact) mass is 711 g/mol. The van der Waals surface area contributed by atoms with Gasteiger partial charge in [-0.15, -0.1) is 0 Å². The number of nitrogens with one attached hydrogen (secondary N) is 2. The first kappa shape index (κ1) is 35.9. The van der Waals surface area contributed by atoms with Crippen LogP contribution in [-0.2, 0) is 20.9 Å². The Balaban J connectivity index is 1.49. The molecule has 2 amide bonds. The van der Waals surface area contributed by atoms with Crippen molar-refractivity contribution in [1.82, 2.24) is 29.7 Å². The molecular formula is C34H39Cl2N7O6. The van der Waals surface area contributed by atoms with Crippen LogP contribution in [0.4, 0.5) is 5.95 Å². The van der Waals surface area contributed by atoms with Gasteiger partial charge >= 0.3 is 0 Å². The second-order valence-electron chi connectivity index (χ2n) is 11.6. The number of aryl methyl sites for hydroxylation is 1. The summed E-state index contributed by atoms with van der Waals surface area (Å²) in [5, 5.41) is 7.14. The molecule has 2 atom stereocenters. The van der Waals surface area contributed by atoms with Gasteiger partial charge in [-0.1, -0.05) is 35.7 Å². The minimum Gasteiger partial charge on any atom is -0.495 e. The number of benzene rings is 1. The molecule has 15 heteroatoms. The third kappa shape index (κ3) is 8.11. The molecule has 260 valence electrons. The molecule has 2 aliphatic heterocycles. The maximum Gasteiger partial charge on any atom is 0.298 e. The van der Waals surface area contributed by atoms with E-state index < -0.39 is 0 Å². The molecule has 3 aromatic rings. The number of piperazine rings is 1. The quantitative estimate of drug-likeness (QED) is 0.225. The SMILES string of the molecule is C=CC(=O)N[C@H]1CCOC[C@H]1Nc1ncc2cc(-c3c(Cl)c(OC)cc(OC)c3Cl)c(=O)n(CCCN3CCN(C(=O)C#CC)CC3)c2n1. The van der Waals surface area contributed by atoms with E-state index in [4.69, 9.17) is 42.4 Å². The Labute approximate surface area is 294 Å². The maximum absolute atomic E-state index is 14.4. The van der Waals surface area contributed by atoms with Gasteiger partial charge in [-0.3, -0.25) is 23.9 Å². The minimum atomic E-state index is -0.359. The highest BCUT2D eigenvalue weighted by atomic mass is 35.5. The second kappa shape index (κ2) is 16.4. The number of halogens is 2. The zero-order valence-electron chi connectivity index (χ0n) is 27.7. The Morgan fingerprint density at radius 3 is 2.47 bits per heavy atom. The average Bonchev–Trinajstić information content (AvgIpc) is 3.11. The summed E-state index contributed by atoms with van der Waals surface area (Å²) in [6.45, 7) is 9.60. The van der Waals surface area contributed by atoms with Crippen LogP contribution in [-0.4, -0.2) is 108 Å². The molecule has 4 heterocycles. The van der Waals surface area contributed by atoms with Gasteiger partial charge in [0.15, 0.2) is 0 Å². The van der Waals surface area contributed by atoms with Crippen LogP contribution < -0.4 is 25.7 Å². The van der Waals surface area contributed by atoms with E-state index in [9.17, 15) is 14.4 Å². The lowest BCUT2D eigenvalue weighted by atomic mass is 10.0. The van der Waals surface area contributed by atoms with E-state index in [1.807, 2.05) is 0 Å². The number of ether oxygens (including phenoxy) is 3. The van der Waals surface area contributed by atoms with E-state index in [0.717, 1.165) is 0 Å². The van der Waals surface area contributed by atoms with Gasteiger partial charge in [-0.2, -0.15) is 4.98 Å². The third-order valence-corrected chi connectivity index (χ3v) is 9.35. The fourth-order valence-electron chi connectivity index (χ4n) is 6.01. The molecule has 2 saturated heterocycles. The molecule has 0 spiro atoms. The molecule has 0 aliphatic carbocycles. The van der Waals surface area contributed by atoms with Crippen LogP contribution in [0.1, 0.15) is 19.8 Å². The molecule has 2 aromatic heterocycles. The molecular weight excluding hydrogens is 673 g/mol. The molecule has 0 unspecified atom stereocenters. The largest absolute Gasteiger partial charge is 0.495 e. The zero-order chi connectivity index (χ0) is 35.1. The number of methoxy groups -OCH3 is 2. The average molecular weight is 713 g/mol. The highest BCUT2D eigenvalue weighted by Crippen LogP contribution is 2.45. The van der Waals surface area contributed by atoms with Crippen LogP contribution in [0.25, 0.3) is 22.2 Å². The number of carbonyl (C=O) groups is 2. The molecule has 5 rings (SSSR count). The number of fused-ring (bicyclic) bond motifs is 1. The van der Waals surface area contributed by atoms with E-state index in [1.54, 1.807) is 34.7 Å². The van der Waals surface area contributed by atoms with Gasteiger partial charge in [-0.25, -0.2) is 4.98 Å². The van der Waals surface area contributed by atoms with Gasteiger partial charge in [0.25, 0.3) is 11.5 Å². The fourth-order valence-corrected chi connectivity index (χ4v) is 6.71. The summed E-state index contributed by atoms with van der Waals surface area (Å²) >= 11 is 13.5. The number of nitrogens with zero attached hydrogens (tertiary/aromatic N) is 5. The highest BCUT2D eigenvalue weighted by Gasteiger charge is 2.28. The van der Waals surface area contributed by atoms with Crippen LogP contribution in [0.2, 0.25) is 10.0 Å². The summed E-state index contributed by atoms with van der Waals surface area (Å²) in [5.41, 5.74) is 0.562. The maximum atomic E-state index is 14.4. The topological polar surface area (TPSA) is 140 Å². The number of rotatable bonds is 11. The lowest BCUT2D eigenvalue weighted by molar-refractivity contribution is -0.126. The summed E-state index contributed by atoms with van der Waals surface area (Å²) in [5.74, 6) is 5.69. The van der Waals surface area contributed by atoms with Gasteiger partial charge < -0.3 is 29.7 Å². The lowest BCUT2D eigenvalue weighted by Crippen LogP contribution is -2.52.